The van der Waals surface area contributed by atoms with Crippen LogP contribution >= 0.6 is 0 Å². The molecule has 0 spiro atoms. The highest BCUT2D eigenvalue weighted by molar-refractivity contribution is 5.98. The highest BCUT2D eigenvalue weighted by Crippen LogP contribution is 2.29. The van der Waals surface area contributed by atoms with Crippen molar-refractivity contribution >= 4 is 23.5 Å². The highest BCUT2D eigenvalue weighted by atomic mass is 19.4. The summed E-state index contributed by atoms with van der Waals surface area (Å²) in [7, 11) is 0. The molecule has 0 unspecified atom stereocenters. The number of halogens is 3. The second-order valence-electron chi connectivity index (χ2n) is 6.03. The fourth-order valence-corrected chi connectivity index (χ4v) is 2.49. The van der Waals surface area contributed by atoms with Crippen molar-refractivity contribution in [3.63, 3.8) is 0 Å². The third-order valence-electron chi connectivity index (χ3n) is 3.74. The van der Waals surface area contributed by atoms with E-state index in [1.54, 1.807) is 6.07 Å². The number of carbonyl (C=O) groups is 3. The minimum atomic E-state index is -4.55. The Morgan fingerprint density at radius 2 is 1.75 bits per heavy atom. The third-order valence-corrected chi connectivity index (χ3v) is 3.74. The summed E-state index contributed by atoms with van der Waals surface area (Å²) in [6, 6.07) is 8.66. The molecule has 0 heterocycles. The third kappa shape index (κ3) is 5.83. The van der Waals surface area contributed by atoms with Crippen molar-refractivity contribution in [2.75, 3.05) is 5.32 Å². The standard InChI is InChI=1S/C19H17F3N2O4/c1-11(25)23-15-7-3-5-13(10-15)17(26)24-16(18(27)28)9-12-4-2-6-14(8-12)19(20,21)22/h2-8,10,16H,9H2,1H3,(H,23,25)(H,24,26)(H,27,28)/t16-/m0/s1. The Morgan fingerprint density at radius 3 is 2.36 bits per heavy atom. The van der Waals surface area contributed by atoms with E-state index >= 15 is 0 Å². The van der Waals surface area contributed by atoms with Gasteiger partial charge in [-0.1, -0.05) is 24.3 Å². The van der Waals surface area contributed by atoms with Gasteiger partial charge < -0.3 is 15.7 Å². The van der Waals surface area contributed by atoms with E-state index in [1.165, 1.54) is 37.3 Å². The van der Waals surface area contributed by atoms with Crippen LogP contribution in [0, 0.1) is 0 Å². The molecule has 2 aromatic rings. The molecule has 0 saturated carbocycles. The fourth-order valence-electron chi connectivity index (χ4n) is 2.49. The van der Waals surface area contributed by atoms with Crippen molar-refractivity contribution in [1.29, 1.82) is 0 Å². The maximum absolute atomic E-state index is 12.8. The van der Waals surface area contributed by atoms with Gasteiger partial charge in [-0.3, -0.25) is 9.59 Å². The molecule has 0 bridgehead atoms. The molecule has 2 rings (SSSR count). The molecule has 0 aliphatic rings. The SMILES string of the molecule is CC(=O)Nc1cccc(C(=O)N[C@@H](Cc2cccc(C(F)(F)F)c2)C(=O)O)c1. The molecule has 2 amide bonds. The Hall–Kier alpha value is -3.36. The first-order valence-electron chi connectivity index (χ1n) is 8.13. The molecule has 0 saturated heterocycles. The van der Waals surface area contributed by atoms with E-state index in [0.717, 1.165) is 12.1 Å². The first kappa shape index (κ1) is 20.9. The van der Waals surface area contributed by atoms with Gasteiger partial charge in [-0.2, -0.15) is 13.2 Å². The monoisotopic (exact) mass is 394 g/mol. The molecule has 148 valence electrons. The number of aliphatic carboxylic acids is 1. The van der Waals surface area contributed by atoms with Gasteiger partial charge in [-0.05, 0) is 29.8 Å². The Kier molecular flexibility index (Phi) is 6.40. The summed E-state index contributed by atoms with van der Waals surface area (Å²) in [6.07, 6.45) is -4.88. The fraction of sp³-hybridized carbons (Fsp3) is 0.211. The lowest BCUT2D eigenvalue weighted by Crippen LogP contribution is -2.42. The number of rotatable bonds is 6. The lowest BCUT2D eigenvalue weighted by atomic mass is 10.0. The van der Waals surface area contributed by atoms with Crippen LogP contribution in [0.3, 0.4) is 0 Å². The van der Waals surface area contributed by atoms with E-state index in [4.69, 9.17) is 0 Å². The molecule has 28 heavy (non-hydrogen) atoms. The lowest BCUT2D eigenvalue weighted by molar-refractivity contribution is -0.139. The molecule has 0 fully saturated rings. The molecular formula is C19H17F3N2O4. The Labute approximate surface area is 158 Å². The molecule has 9 heteroatoms. The second kappa shape index (κ2) is 8.55. The van der Waals surface area contributed by atoms with Crippen LogP contribution in [-0.2, 0) is 22.2 Å². The molecule has 1 atom stereocenters. The summed E-state index contributed by atoms with van der Waals surface area (Å²) in [5.74, 6) is -2.46. The number of nitrogens with one attached hydrogen (secondary N) is 2. The van der Waals surface area contributed by atoms with Crippen LogP contribution in [0.15, 0.2) is 48.5 Å². The summed E-state index contributed by atoms with van der Waals surface area (Å²) in [5.41, 5.74) is -0.329. The van der Waals surface area contributed by atoms with Gasteiger partial charge in [0.25, 0.3) is 5.91 Å². The summed E-state index contributed by atoms with van der Waals surface area (Å²) in [4.78, 5) is 34.9. The van der Waals surface area contributed by atoms with Gasteiger partial charge in [0.15, 0.2) is 0 Å². The van der Waals surface area contributed by atoms with Crippen molar-refractivity contribution in [3.05, 3.63) is 65.2 Å². The van der Waals surface area contributed by atoms with Crippen LogP contribution in [0.5, 0.6) is 0 Å². The topological polar surface area (TPSA) is 95.5 Å². The number of carbonyl (C=O) groups excluding carboxylic acids is 2. The van der Waals surface area contributed by atoms with Crippen molar-refractivity contribution in [3.8, 4) is 0 Å². The number of amides is 2. The Bertz CT molecular complexity index is 897. The zero-order valence-corrected chi connectivity index (χ0v) is 14.7. The van der Waals surface area contributed by atoms with Gasteiger partial charge in [-0.15, -0.1) is 0 Å². The van der Waals surface area contributed by atoms with Crippen molar-refractivity contribution in [1.82, 2.24) is 5.32 Å². The van der Waals surface area contributed by atoms with E-state index in [2.05, 4.69) is 10.6 Å². The van der Waals surface area contributed by atoms with Crippen LogP contribution in [0.4, 0.5) is 18.9 Å². The van der Waals surface area contributed by atoms with Gasteiger partial charge in [0, 0.05) is 24.6 Å². The maximum Gasteiger partial charge on any atom is 0.416 e. The van der Waals surface area contributed by atoms with Crippen molar-refractivity contribution in [2.45, 2.75) is 25.6 Å². The molecule has 0 aliphatic carbocycles. The summed E-state index contributed by atoms with van der Waals surface area (Å²) < 4.78 is 38.4. The predicted octanol–water partition coefficient (Wildman–Crippen LogP) is 3.09. The molecule has 0 aromatic heterocycles. The predicted molar refractivity (Wildman–Crippen MR) is 94.8 cm³/mol. The zero-order chi connectivity index (χ0) is 20.9. The number of hydrogen-bond acceptors (Lipinski definition) is 3. The van der Waals surface area contributed by atoms with E-state index in [0.29, 0.717) is 5.69 Å². The minimum absolute atomic E-state index is 0.0987. The quantitative estimate of drug-likeness (QED) is 0.702. The molecular weight excluding hydrogens is 377 g/mol. The van der Waals surface area contributed by atoms with E-state index in [-0.39, 0.29) is 23.5 Å². The smallest absolute Gasteiger partial charge is 0.416 e. The number of benzene rings is 2. The maximum atomic E-state index is 12.8. The van der Waals surface area contributed by atoms with E-state index in [1.807, 2.05) is 0 Å². The Balaban J connectivity index is 2.16. The number of hydrogen-bond donors (Lipinski definition) is 3. The summed E-state index contributed by atoms with van der Waals surface area (Å²) in [5, 5.41) is 14.1. The van der Waals surface area contributed by atoms with Gasteiger partial charge in [0.05, 0.1) is 5.56 Å². The van der Waals surface area contributed by atoms with E-state index < -0.39 is 29.7 Å². The van der Waals surface area contributed by atoms with Crippen molar-refractivity contribution < 1.29 is 32.7 Å². The molecule has 0 radical (unpaired) electrons. The average Bonchev–Trinajstić information content (AvgIpc) is 2.60. The van der Waals surface area contributed by atoms with Crippen LogP contribution in [0.25, 0.3) is 0 Å². The number of carboxylic acid groups (broad SMARTS) is 1. The number of anilines is 1. The normalized spacial score (nSPS) is 12.1. The summed E-state index contributed by atoms with van der Waals surface area (Å²) in [6.45, 7) is 1.29. The summed E-state index contributed by atoms with van der Waals surface area (Å²) >= 11 is 0. The minimum Gasteiger partial charge on any atom is -0.480 e. The van der Waals surface area contributed by atoms with Crippen LogP contribution in [0.1, 0.15) is 28.4 Å². The van der Waals surface area contributed by atoms with Crippen LogP contribution in [-0.4, -0.2) is 28.9 Å². The first-order valence-corrected chi connectivity index (χ1v) is 8.13. The van der Waals surface area contributed by atoms with Crippen LogP contribution in [0.2, 0.25) is 0 Å². The largest absolute Gasteiger partial charge is 0.480 e. The first-order chi connectivity index (χ1) is 13.1. The zero-order valence-electron chi connectivity index (χ0n) is 14.7. The molecule has 6 nitrogen and oxygen atoms in total. The Morgan fingerprint density at radius 1 is 1.07 bits per heavy atom. The van der Waals surface area contributed by atoms with E-state index in [9.17, 15) is 32.7 Å². The molecule has 2 aromatic carbocycles. The van der Waals surface area contributed by atoms with Gasteiger partial charge in [0.2, 0.25) is 5.91 Å². The number of alkyl halides is 3. The number of carboxylic acids is 1. The van der Waals surface area contributed by atoms with Crippen molar-refractivity contribution in [2.24, 2.45) is 0 Å². The molecule has 3 N–H and O–H groups in total. The van der Waals surface area contributed by atoms with Gasteiger partial charge >= 0.3 is 12.1 Å². The lowest BCUT2D eigenvalue weighted by Gasteiger charge is -2.16. The van der Waals surface area contributed by atoms with Gasteiger partial charge in [-0.25, -0.2) is 4.79 Å². The average molecular weight is 394 g/mol. The molecule has 0 aliphatic heterocycles. The highest BCUT2D eigenvalue weighted by Gasteiger charge is 2.31. The second-order valence-corrected chi connectivity index (χ2v) is 6.03. The van der Waals surface area contributed by atoms with Gasteiger partial charge in [0.1, 0.15) is 6.04 Å². The van der Waals surface area contributed by atoms with Crippen LogP contribution < -0.4 is 10.6 Å².